The van der Waals surface area contributed by atoms with Crippen LogP contribution in [0.5, 0.6) is 5.75 Å². The number of piperidine rings is 3. The van der Waals surface area contributed by atoms with Gasteiger partial charge in [-0.3, -0.25) is 9.59 Å². The second-order valence-electron chi connectivity index (χ2n) is 12.7. The van der Waals surface area contributed by atoms with E-state index in [-0.39, 0.29) is 49.6 Å². The molecule has 7 rings (SSSR count). The van der Waals surface area contributed by atoms with Crippen molar-refractivity contribution in [1.29, 1.82) is 0 Å². The lowest BCUT2D eigenvalue weighted by molar-refractivity contribution is -0.248. The predicted molar refractivity (Wildman–Crippen MR) is 162 cm³/mol. The van der Waals surface area contributed by atoms with Gasteiger partial charge in [0.25, 0.3) is 5.91 Å². The van der Waals surface area contributed by atoms with Crippen LogP contribution in [0.1, 0.15) is 62.9 Å². The lowest BCUT2D eigenvalue weighted by atomic mass is 9.67. The van der Waals surface area contributed by atoms with Gasteiger partial charge in [0, 0.05) is 43.8 Å². The van der Waals surface area contributed by atoms with Crippen LogP contribution in [-0.2, 0) is 4.79 Å². The molecule has 1 aliphatic carbocycles. The molecule has 0 unspecified atom stereocenters. The molecule has 0 radical (unpaired) electrons. The fourth-order valence-corrected chi connectivity index (χ4v) is 7.48. The van der Waals surface area contributed by atoms with Crippen molar-refractivity contribution in [1.82, 2.24) is 20.1 Å². The van der Waals surface area contributed by atoms with Gasteiger partial charge in [-0.25, -0.2) is 4.98 Å². The van der Waals surface area contributed by atoms with Gasteiger partial charge in [0.05, 0.1) is 18.0 Å². The summed E-state index contributed by atoms with van der Waals surface area (Å²) < 4.78 is 47.9. The minimum Gasteiger partial charge on any atom is -0.493 e. The number of nitrogens with zero attached hydrogens (tertiary/aromatic N) is 4. The monoisotopic (exact) mass is 613 g/mol. The van der Waals surface area contributed by atoms with Crippen molar-refractivity contribution in [2.75, 3.05) is 50.8 Å². The Kier molecular flexibility index (Phi) is 8.52. The highest BCUT2D eigenvalue weighted by atomic mass is 19.4. The third-order valence-corrected chi connectivity index (χ3v) is 10.2. The van der Waals surface area contributed by atoms with Crippen molar-refractivity contribution in [3.63, 3.8) is 0 Å². The zero-order valence-electron chi connectivity index (χ0n) is 25.5. The van der Waals surface area contributed by atoms with Crippen LogP contribution in [0.25, 0.3) is 11.3 Å². The van der Waals surface area contributed by atoms with E-state index in [0.717, 1.165) is 38.0 Å². The summed E-state index contributed by atoms with van der Waals surface area (Å²) in [7, 11) is 0. The molecular weight excluding hydrogens is 571 g/mol. The highest BCUT2D eigenvalue weighted by Gasteiger charge is 2.64. The number of nitrogens with one attached hydrogen (secondary N) is 1. The van der Waals surface area contributed by atoms with E-state index >= 15 is 0 Å². The molecule has 11 heteroatoms. The number of anilines is 1. The molecular formula is C33H42F3N5O3. The molecule has 5 fully saturated rings. The molecule has 5 aliphatic rings. The maximum atomic E-state index is 14.1. The zero-order chi connectivity index (χ0) is 31.1. The highest BCUT2D eigenvalue weighted by Crippen LogP contribution is 2.54. The number of carbonyl (C=O) groups excluding carboxylic acids is 2. The summed E-state index contributed by atoms with van der Waals surface area (Å²) in [6.07, 6.45) is -1.74. The van der Waals surface area contributed by atoms with E-state index in [2.05, 4.69) is 15.1 Å². The summed E-state index contributed by atoms with van der Waals surface area (Å²) in [6.45, 7) is 7.93. The molecule has 4 saturated heterocycles. The Balaban J connectivity index is 1.31. The molecule has 1 aromatic heterocycles. The number of hydrogen-bond donors (Lipinski definition) is 1. The molecule has 2 aromatic rings. The van der Waals surface area contributed by atoms with Crippen LogP contribution in [0.3, 0.4) is 0 Å². The Morgan fingerprint density at radius 2 is 1.77 bits per heavy atom. The van der Waals surface area contributed by atoms with E-state index in [1.54, 1.807) is 0 Å². The van der Waals surface area contributed by atoms with Crippen molar-refractivity contribution in [2.45, 2.75) is 70.6 Å². The first-order chi connectivity index (χ1) is 21.1. The maximum Gasteiger partial charge on any atom is 0.403 e. The van der Waals surface area contributed by atoms with Gasteiger partial charge in [0.15, 0.2) is 5.69 Å². The Bertz CT molecular complexity index is 1370. The van der Waals surface area contributed by atoms with Crippen LogP contribution >= 0.6 is 0 Å². The van der Waals surface area contributed by atoms with Crippen molar-refractivity contribution < 1.29 is 27.5 Å². The van der Waals surface area contributed by atoms with Gasteiger partial charge in [0.1, 0.15) is 11.2 Å². The Hall–Kier alpha value is -3.34. The fourth-order valence-electron chi connectivity index (χ4n) is 7.48. The number of para-hydroxylation sites is 1. The molecule has 8 nitrogen and oxygen atoms in total. The Morgan fingerprint density at radius 3 is 2.39 bits per heavy atom. The van der Waals surface area contributed by atoms with Crippen LogP contribution in [0.4, 0.5) is 18.9 Å². The number of carbonyl (C=O) groups is 2. The number of aromatic nitrogens is 1. The normalized spacial score (nSPS) is 26.2. The molecule has 1 aromatic carbocycles. The van der Waals surface area contributed by atoms with Gasteiger partial charge in [-0.2, -0.15) is 13.2 Å². The quantitative estimate of drug-likeness (QED) is 0.445. The van der Waals surface area contributed by atoms with E-state index in [1.165, 1.54) is 4.90 Å². The fraction of sp³-hybridized carbons (Fsp3) is 0.606. The van der Waals surface area contributed by atoms with Gasteiger partial charge in [-0.05, 0) is 82.3 Å². The number of benzene rings is 1. The minimum atomic E-state index is -4.56. The smallest absolute Gasteiger partial charge is 0.403 e. The molecule has 238 valence electrons. The lowest BCUT2D eigenvalue weighted by Gasteiger charge is -2.49. The van der Waals surface area contributed by atoms with Crippen molar-refractivity contribution in [3.05, 3.63) is 42.1 Å². The van der Waals surface area contributed by atoms with E-state index in [9.17, 15) is 22.8 Å². The Morgan fingerprint density at radius 1 is 1.02 bits per heavy atom. The molecule has 2 atom stereocenters. The van der Waals surface area contributed by atoms with Crippen LogP contribution in [0.2, 0.25) is 0 Å². The first kappa shape index (κ1) is 30.7. The second-order valence-corrected chi connectivity index (χ2v) is 12.7. The zero-order valence-corrected chi connectivity index (χ0v) is 25.5. The van der Waals surface area contributed by atoms with Crippen molar-refractivity contribution >= 4 is 17.5 Å². The minimum absolute atomic E-state index is 0.0384. The number of amides is 2. The van der Waals surface area contributed by atoms with Gasteiger partial charge >= 0.3 is 6.18 Å². The molecule has 5 heterocycles. The van der Waals surface area contributed by atoms with Crippen molar-refractivity contribution in [2.24, 2.45) is 11.3 Å². The second kappa shape index (κ2) is 12.2. The maximum absolute atomic E-state index is 14.1. The number of halogens is 3. The van der Waals surface area contributed by atoms with E-state index in [1.807, 2.05) is 50.2 Å². The molecule has 2 bridgehead atoms. The third kappa shape index (κ3) is 5.52. The summed E-state index contributed by atoms with van der Waals surface area (Å²) in [5.74, 6) is 0.0378. The van der Waals surface area contributed by atoms with Crippen LogP contribution in [-0.4, -0.2) is 90.7 Å². The average Bonchev–Trinajstić information content (AvgIpc) is 3.00. The molecule has 4 aliphatic heterocycles. The number of alkyl halides is 3. The molecule has 44 heavy (non-hydrogen) atoms. The highest BCUT2D eigenvalue weighted by molar-refractivity contribution is 5.99. The number of pyridine rings is 1. The SMILES string of the molecule is CCOc1ccccc1-c1ccc(N2CCN(C(=O)C3(C(F)(F)F)CCC3)C[C@H]2CC)c(C(=O)N[C@@H]2CN3CCC2CC3)n1. The molecule has 1 saturated carbocycles. The number of fused-ring (bicyclic) bond motifs is 3. The molecule has 1 N–H and O–H groups in total. The molecule has 2 amide bonds. The number of piperazine rings is 1. The van der Waals surface area contributed by atoms with E-state index < -0.39 is 17.5 Å². The third-order valence-electron chi connectivity index (χ3n) is 10.2. The van der Waals surface area contributed by atoms with Gasteiger partial charge in [0.2, 0.25) is 5.91 Å². The average molecular weight is 614 g/mol. The van der Waals surface area contributed by atoms with E-state index in [4.69, 9.17) is 9.72 Å². The summed E-state index contributed by atoms with van der Waals surface area (Å²) in [4.78, 5) is 38.1. The lowest BCUT2D eigenvalue weighted by Crippen LogP contribution is -2.62. The van der Waals surface area contributed by atoms with Crippen LogP contribution in [0.15, 0.2) is 36.4 Å². The summed E-state index contributed by atoms with van der Waals surface area (Å²) in [6, 6.07) is 11.1. The number of hydrogen-bond acceptors (Lipinski definition) is 6. The van der Waals surface area contributed by atoms with Crippen LogP contribution in [0, 0.1) is 11.3 Å². The first-order valence-corrected chi connectivity index (χ1v) is 16.0. The van der Waals surface area contributed by atoms with Crippen molar-refractivity contribution in [3.8, 4) is 17.0 Å². The van der Waals surface area contributed by atoms with Crippen LogP contribution < -0.4 is 15.0 Å². The largest absolute Gasteiger partial charge is 0.493 e. The van der Waals surface area contributed by atoms with Gasteiger partial charge in [-0.1, -0.05) is 25.5 Å². The summed E-state index contributed by atoms with van der Waals surface area (Å²) in [5.41, 5.74) is 0.0446. The predicted octanol–water partition coefficient (Wildman–Crippen LogP) is 5.13. The standard InChI is InChI=1S/C33H42F3N5O3/c1-3-23-20-40(31(43)32(14-7-15-32)33(34,35)36)18-19-41(23)27-11-10-25(24-8-5-6-9-28(24)44-4-2)37-29(27)30(42)38-26-21-39-16-12-22(26)13-17-39/h5-6,8-11,22-23,26H,3-4,7,12-21H2,1-2H3,(H,38,42)/t23-,26-/m1/s1. The molecule has 0 spiro atoms. The van der Waals surface area contributed by atoms with Gasteiger partial charge in [-0.15, -0.1) is 0 Å². The number of rotatable bonds is 8. The summed E-state index contributed by atoms with van der Waals surface area (Å²) >= 11 is 0. The van der Waals surface area contributed by atoms with E-state index in [0.29, 0.717) is 49.0 Å². The summed E-state index contributed by atoms with van der Waals surface area (Å²) in [5, 5.41) is 3.29. The van der Waals surface area contributed by atoms with Gasteiger partial charge < -0.3 is 24.8 Å². The Labute approximate surface area is 256 Å². The first-order valence-electron chi connectivity index (χ1n) is 16.0. The number of ether oxygens (including phenoxy) is 1. The topological polar surface area (TPSA) is 78.0 Å².